The minimum absolute atomic E-state index is 0.0431. The fraction of sp³-hybridized carbons (Fsp3) is 0.316. The van der Waals surface area contributed by atoms with Gasteiger partial charge >= 0.3 is 0 Å². The third kappa shape index (κ3) is 4.73. The zero-order valence-electron chi connectivity index (χ0n) is 14.9. The molecule has 0 aromatic heterocycles. The molecule has 0 aliphatic carbocycles. The fourth-order valence-electron chi connectivity index (χ4n) is 2.97. The molecule has 2 aromatic carbocycles. The van der Waals surface area contributed by atoms with Gasteiger partial charge < -0.3 is 9.64 Å². The summed E-state index contributed by atoms with van der Waals surface area (Å²) in [5, 5.41) is 0.219. The van der Waals surface area contributed by atoms with Crippen LogP contribution >= 0.6 is 11.6 Å². The number of likely N-dealkylation sites (tertiary alicyclic amines) is 1. The standard InChI is InChI=1S/C19H21ClN2O4S/c1-26-18-9-8-16(13-17(18)20)27(24,25)21-15-6-4-14(5-7-15)12-19(23)22-10-2-3-11-22/h4-9,13,21H,2-3,10-12H2,1H3. The second kappa shape index (κ2) is 8.19. The van der Waals surface area contributed by atoms with Gasteiger partial charge in [-0.3, -0.25) is 9.52 Å². The molecule has 27 heavy (non-hydrogen) atoms. The maximum Gasteiger partial charge on any atom is 0.261 e. The third-order valence-corrected chi connectivity index (χ3v) is 6.13. The van der Waals surface area contributed by atoms with Gasteiger partial charge in [0.25, 0.3) is 10.0 Å². The number of benzene rings is 2. The smallest absolute Gasteiger partial charge is 0.261 e. The average molecular weight is 409 g/mol. The summed E-state index contributed by atoms with van der Waals surface area (Å²) < 4.78 is 32.6. The van der Waals surface area contributed by atoms with Crippen molar-refractivity contribution in [3.05, 3.63) is 53.1 Å². The van der Waals surface area contributed by atoms with Crippen LogP contribution in [0.5, 0.6) is 5.75 Å². The Kier molecular flexibility index (Phi) is 5.92. The van der Waals surface area contributed by atoms with E-state index in [-0.39, 0.29) is 15.8 Å². The minimum atomic E-state index is -3.77. The Morgan fingerprint density at radius 3 is 2.41 bits per heavy atom. The molecular formula is C19H21ClN2O4S. The predicted molar refractivity (Wildman–Crippen MR) is 105 cm³/mol. The van der Waals surface area contributed by atoms with Gasteiger partial charge in [-0.25, -0.2) is 8.42 Å². The number of halogens is 1. The normalized spacial score (nSPS) is 14.2. The lowest BCUT2D eigenvalue weighted by atomic mass is 10.1. The number of carbonyl (C=O) groups excluding carboxylic acids is 1. The highest BCUT2D eigenvalue weighted by Crippen LogP contribution is 2.28. The third-order valence-electron chi connectivity index (χ3n) is 4.45. The molecule has 1 amide bonds. The maximum absolute atomic E-state index is 12.5. The zero-order valence-corrected chi connectivity index (χ0v) is 16.5. The Balaban J connectivity index is 1.68. The van der Waals surface area contributed by atoms with Crippen molar-refractivity contribution >= 4 is 33.2 Å². The van der Waals surface area contributed by atoms with Crippen LogP contribution in [-0.2, 0) is 21.2 Å². The van der Waals surface area contributed by atoms with Gasteiger partial charge in [-0.2, -0.15) is 0 Å². The molecule has 1 heterocycles. The number of anilines is 1. The molecule has 6 nitrogen and oxygen atoms in total. The van der Waals surface area contributed by atoms with Crippen LogP contribution in [-0.4, -0.2) is 39.4 Å². The van der Waals surface area contributed by atoms with E-state index in [2.05, 4.69) is 4.72 Å². The first kappa shape index (κ1) is 19.5. The summed E-state index contributed by atoms with van der Waals surface area (Å²) in [6, 6.07) is 11.1. The van der Waals surface area contributed by atoms with Crippen molar-refractivity contribution in [1.29, 1.82) is 0 Å². The second-order valence-corrected chi connectivity index (χ2v) is 8.45. The molecule has 1 fully saturated rings. The molecule has 0 spiro atoms. The van der Waals surface area contributed by atoms with Crippen LogP contribution in [0.1, 0.15) is 18.4 Å². The van der Waals surface area contributed by atoms with Gasteiger partial charge in [0.15, 0.2) is 0 Å². The van der Waals surface area contributed by atoms with Gasteiger partial charge in [0.1, 0.15) is 5.75 Å². The number of hydrogen-bond acceptors (Lipinski definition) is 4. The molecule has 0 radical (unpaired) electrons. The Morgan fingerprint density at radius 2 is 1.81 bits per heavy atom. The number of nitrogens with one attached hydrogen (secondary N) is 1. The van der Waals surface area contributed by atoms with Crippen LogP contribution in [0.25, 0.3) is 0 Å². The Hall–Kier alpha value is -2.25. The van der Waals surface area contributed by atoms with E-state index in [0.717, 1.165) is 31.5 Å². The molecule has 0 unspecified atom stereocenters. The first-order valence-electron chi connectivity index (χ1n) is 8.62. The number of nitrogens with zero attached hydrogens (tertiary/aromatic N) is 1. The lowest BCUT2D eigenvalue weighted by Crippen LogP contribution is -2.29. The quantitative estimate of drug-likeness (QED) is 0.795. The van der Waals surface area contributed by atoms with E-state index in [4.69, 9.17) is 16.3 Å². The van der Waals surface area contributed by atoms with Crippen molar-refractivity contribution in [3.63, 3.8) is 0 Å². The zero-order chi connectivity index (χ0) is 19.4. The van der Waals surface area contributed by atoms with E-state index in [0.29, 0.717) is 17.9 Å². The van der Waals surface area contributed by atoms with Crippen molar-refractivity contribution in [1.82, 2.24) is 4.90 Å². The summed E-state index contributed by atoms with van der Waals surface area (Å²) in [4.78, 5) is 14.1. The van der Waals surface area contributed by atoms with Crippen molar-refractivity contribution < 1.29 is 17.9 Å². The van der Waals surface area contributed by atoms with Crippen LogP contribution in [0.3, 0.4) is 0 Å². The average Bonchev–Trinajstić information content (AvgIpc) is 3.18. The molecule has 1 N–H and O–H groups in total. The van der Waals surface area contributed by atoms with E-state index in [1.165, 1.54) is 25.3 Å². The largest absolute Gasteiger partial charge is 0.495 e. The first-order chi connectivity index (χ1) is 12.9. The maximum atomic E-state index is 12.5. The number of carbonyl (C=O) groups is 1. The molecule has 1 saturated heterocycles. The summed E-state index contributed by atoms with van der Waals surface area (Å²) in [6.07, 6.45) is 2.44. The summed E-state index contributed by atoms with van der Waals surface area (Å²) >= 11 is 6.01. The van der Waals surface area contributed by atoms with Gasteiger partial charge in [-0.1, -0.05) is 23.7 Å². The monoisotopic (exact) mass is 408 g/mol. The minimum Gasteiger partial charge on any atom is -0.495 e. The first-order valence-corrected chi connectivity index (χ1v) is 10.5. The van der Waals surface area contributed by atoms with E-state index in [9.17, 15) is 13.2 Å². The number of methoxy groups -OCH3 is 1. The number of sulfonamides is 1. The predicted octanol–water partition coefficient (Wildman–Crippen LogP) is 3.31. The number of rotatable bonds is 6. The summed E-state index contributed by atoms with van der Waals surface area (Å²) in [5.74, 6) is 0.511. The van der Waals surface area contributed by atoms with Crippen LogP contribution in [0, 0.1) is 0 Å². The SMILES string of the molecule is COc1ccc(S(=O)(=O)Nc2ccc(CC(=O)N3CCCC3)cc2)cc1Cl. The number of hydrogen-bond donors (Lipinski definition) is 1. The van der Waals surface area contributed by atoms with Crippen molar-refractivity contribution in [2.24, 2.45) is 0 Å². The molecule has 3 rings (SSSR count). The molecule has 2 aromatic rings. The molecule has 144 valence electrons. The van der Waals surface area contributed by atoms with Crippen LogP contribution in [0.2, 0.25) is 5.02 Å². The van der Waals surface area contributed by atoms with E-state index < -0.39 is 10.0 Å². The Morgan fingerprint density at radius 1 is 1.15 bits per heavy atom. The van der Waals surface area contributed by atoms with Gasteiger partial charge in [0.2, 0.25) is 5.91 Å². The van der Waals surface area contributed by atoms with Gasteiger partial charge in [-0.15, -0.1) is 0 Å². The molecule has 0 bridgehead atoms. The molecular weight excluding hydrogens is 388 g/mol. The molecule has 0 saturated carbocycles. The van der Waals surface area contributed by atoms with Crippen molar-refractivity contribution in [3.8, 4) is 5.75 Å². The van der Waals surface area contributed by atoms with Gasteiger partial charge in [-0.05, 0) is 48.7 Å². The van der Waals surface area contributed by atoms with E-state index in [1.54, 1.807) is 24.3 Å². The van der Waals surface area contributed by atoms with Crippen molar-refractivity contribution in [2.45, 2.75) is 24.2 Å². The highest BCUT2D eigenvalue weighted by molar-refractivity contribution is 7.92. The van der Waals surface area contributed by atoms with E-state index >= 15 is 0 Å². The highest BCUT2D eigenvalue weighted by atomic mass is 35.5. The summed E-state index contributed by atoms with van der Waals surface area (Å²) in [7, 11) is -2.31. The van der Waals surface area contributed by atoms with Crippen LogP contribution in [0.4, 0.5) is 5.69 Å². The van der Waals surface area contributed by atoms with E-state index in [1.807, 2.05) is 4.90 Å². The van der Waals surface area contributed by atoms with Gasteiger partial charge in [0.05, 0.1) is 23.4 Å². The summed E-state index contributed by atoms with van der Waals surface area (Å²) in [5.41, 5.74) is 1.27. The van der Waals surface area contributed by atoms with Crippen LogP contribution in [0.15, 0.2) is 47.4 Å². The molecule has 1 aliphatic heterocycles. The fourth-order valence-corrected chi connectivity index (χ4v) is 4.38. The molecule has 1 aliphatic rings. The summed E-state index contributed by atoms with van der Waals surface area (Å²) in [6.45, 7) is 1.64. The molecule has 0 atom stereocenters. The van der Waals surface area contributed by atoms with Crippen molar-refractivity contribution in [2.75, 3.05) is 24.9 Å². The topological polar surface area (TPSA) is 75.7 Å². The van der Waals surface area contributed by atoms with Gasteiger partial charge in [0, 0.05) is 18.8 Å². The highest BCUT2D eigenvalue weighted by Gasteiger charge is 2.19. The Labute approximate surface area is 164 Å². The second-order valence-electron chi connectivity index (χ2n) is 6.36. The Bertz CT molecular complexity index is 923. The lowest BCUT2D eigenvalue weighted by molar-refractivity contribution is -0.129. The number of amides is 1. The van der Waals surface area contributed by atoms with Crippen LogP contribution < -0.4 is 9.46 Å². The number of ether oxygens (including phenoxy) is 1. The molecule has 8 heteroatoms. The lowest BCUT2D eigenvalue weighted by Gasteiger charge is -2.15.